The summed E-state index contributed by atoms with van der Waals surface area (Å²) in [5, 5.41) is 12.3. The van der Waals surface area contributed by atoms with E-state index < -0.39 is 27.9 Å². The second-order valence-electron chi connectivity index (χ2n) is 7.92. The third kappa shape index (κ3) is 6.92. The average molecular weight is 492 g/mol. The molecule has 11 heteroatoms. The van der Waals surface area contributed by atoms with Crippen LogP contribution in [0.15, 0.2) is 48.5 Å². The van der Waals surface area contributed by atoms with E-state index in [9.17, 15) is 23.1 Å². The SMILES string of the molecule is COc1ccc(COc2ccc(C(=O)NCC(C(=O)O)N3CCN(S(C)(=O)=O)CC3)cc2)cc1. The van der Waals surface area contributed by atoms with Crippen LogP contribution in [0.1, 0.15) is 15.9 Å². The van der Waals surface area contributed by atoms with Crippen molar-refractivity contribution in [1.82, 2.24) is 14.5 Å². The largest absolute Gasteiger partial charge is 0.497 e. The predicted octanol–water partition coefficient (Wildman–Crippen LogP) is 1.03. The van der Waals surface area contributed by atoms with Gasteiger partial charge < -0.3 is 19.9 Å². The molecule has 0 saturated carbocycles. The maximum Gasteiger partial charge on any atom is 0.322 e. The molecule has 0 radical (unpaired) electrons. The van der Waals surface area contributed by atoms with Gasteiger partial charge in [0.15, 0.2) is 0 Å². The van der Waals surface area contributed by atoms with Crippen molar-refractivity contribution < 1.29 is 32.6 Å². The zero-order valence-electron chi connectivity index (χ0n) is 19.1. The van der Waals surface area contributed by atoms with Gasteiger partial charge in [0.2, 0.25) is 10.0 Å². The number of nitrogens with zero attached hydrogens (tertiary/aromatic N) is 2. The third-order valence-corrected chi connectivity index (χ3v) is 6.91. The minimum Gasteiger partial charge on any atom is -0.497 e. The molecule has 1 heterocycles. The van der Waals surface area contributed by atoms with Gasteiger partial charge in [-0.1, -0.05) is 12.1 Å². The molecule has 1 saturated heterocycles. The summed E-state index contributed by atoms with van der Waals surface area (Å²) in [5.41, 5.74) is 1.35. The van der Waals surface area contributed by atoms with Crippen molar-refractivity contribution in [2.24, 2.45) is 0 Å². The zero-order chi connectivity index (χ0) is 24.7. The highest BCUT2D eigenvalue weighted by atomic mass is 32.2. The maximum atomic E-state index is 12.5. The van der Waals surface area contributed by atoms with E-state index in [2.05, 4.69) is 5.32 Å². The van der Waals surface area contributed by atoms with Gasteiger partial charge in [-0.3, -0.25) is 14.5 Å². The van der Waals surface area contributed by atoms with Crippen LogP contribution < -0.4 is 14.8 Å². The van der Waals surface area contributed by atoms with Crippen LogP contribution in [0.25, 0.3) is 0 Å². The Hall–Kier alpha value is -3.15. The van der Waals surface area contributed by atoms with Crippen molar-refractivity contribution in [1.29, 1.82) is 0 Å². The Labute approximate surface area is 199 Å². The molecule has 1 fully saturated rings. The van der Waals surface area contributed by atoms with Crippen LogP contribution >= 0.6 is 0 Å². The van der Waals surface area contributed by atoms with Gasteiger partial charge in [-0.25, -0.2) is 8.42 Å². The number of sulfonamides is 1. The smallest absolute Gasteiger partial charge is 0.322 e. The lowest BCUT2D eigenvalue weighted by Gasteiger charge is -2.36. The summed E-state index contributed by atoms with van der Waals surface area (Å²) >= 11 is 0. The Morgan fingerprint density at radius 1 is 1.00 bits per heavy atom. The van der Waals surface area contributed by atoms with Crippen LogP contribution in [0, 0.1) is 0 Å². The average Bonchev–Trinajstić information content (AvgIpc) is 2.83. The van der Waals surface area contributed by atoms with Crippen LogP contribution in [0.3, 0.4) is 0 Å². The number of aliphatic carboxylic acids is 1. The van der Waals surface area contributed by atoms with Crippen LogP contribution in [0.4, 0.5) is 0 Å². The van der Waals surface area contributed by atoms with Gasteiger partial charge in [0.1, 0.15) is 24.1 Å². The number of carboxylic acid groups (broad SMARTS) is 1. The van der Waals surface area contributed by atoms with E-state index in [1.165, 1.54) is 4.31 Å². The molecule has 2 aromatic carbocycles. The fourth-order valence-corrected chi connectivity index (χ4v) is 4.43. The number of hydrogen-bond acceptors (Lipinski definition) is 7. The molecule has 3 rings (SSSR count). The Kier molecular flexibility index (Phi) is 8.48. The van der Waals surface area contributed by atoms with E-state index in [1.807, 2.05) is 24.3 Å². The van der Waals surface area contributed by atoms with E-state index in [0.717, 1.165) is 17.6 Å². The quantitative estimate of drug-likeness (QED) is 0.505. The molecule has 0 bridgehead atoms. The minimum atomic E-state index is -3.31. The highest BCUT2D eigenvalue weighted by molar-refractivity contribution is 7.88. The number of methoxy groups -OCH3 is 1. The number of nitrogens with one attached hydrogen (secondary N) is 1. The summed E-state index contributed by atoms with van der Waals surface area (Å²) in [5.74, 6) is -0.113. The topological polar surface area (TPSA) is 125 Å². The number of carboxylic acids is 1. The molecule has 1 atom stereocenters. The lowest BCUT2D eigenvalue weighted by atomic mass is 10.1. The number of ether oxygens (including phenoxy) is 2. The number of benzene rings is 2. The van der Waals surface area contributed by atoms with Crippen LogP contribution in [-0.4, -0.2) is 86.7 Å². The van der Waals surface area contributed by atoms with Crippen molar-refractivity contribution in [2.75, 3.05) is 46.1 Å². The lowest BCUT2D eigenvalue weighted by molar-refractivity contribution is -0.143. The first-order valence-corrected chi connectivity index (χ1v) is 12.6. The predicted molar refractivity (Wildman–Crippen MR) is 126 cm³/mol. The normalized spacial score (nSPS) is 15.9. The number of carbonyl (C=O) groups excluding carboxylic acids is 1. The Bertz CT molecular complexity index is 1080. The van der Waals surface area contributed by atoms with Gasteiger partial charge in [0.25, 0.3) is 5.91 Å². The molecular weight excluding hydrogens is 462 g/mol. The van der Waals surface area contributed by atoms with Crippen molar-refractivity contribution in [3.05, 3.63) is 59.7 Å². The van der Waals surface area contributed by atoms with Gasteiger partial charge in [-0.2, -0.15) is 4.31 Å². The van der Waals surface area contributed by atoms with Crippen molar-refractivity contribution in [2.45, 2.75) is 12.6 Å². The Morgan fingerprint density at radius 2 is 1.59 bits per heavy atom. The number of rotatable bonds is 10. The first kappa shape index (κ1) is 25.5. The molecule has 1 amide bonds. The maximum absolute atomic E-state index is 12.5. The number of amides is 1. The van der Waals surface area contributed by atoms with Crippen LogP contribution in [0.2, 0.25) is 0 Å². The van der Waals surface area contributed by atoms with Crippen LogP contribution in [0.5, 0.6) is 11.5 Å². The summed E-state index contributed by atoms with van der Waals surface area (Å²) in [7, 11) is -1.71. The second-order valence-corrected chi connectivity index (χ2v) is 9.91. The fourth-order valence-electron chi connectivity index (χ4n) is 3.60. The van der Waals surface area contributed by atoms with Crippen molar-refractivity contribution in [3.8, 4) is 11.5 Å². The number of hydrogen-bond donors (Lipinski definition) is 2. The second kappa shape index (κ2) is 11.3. The van der Waals surface area contributed by atoms with Gasteiger partial charge in [0.05, 0.1) is 13.4 Å². The van der Waals surface area contributed by atoms with Gasteiger partial charge in [-0.05, 0) is 42.0 Å². The summed E-state index contributed by atoms with van der Waals surface area (Å²) < 4.78 is 35.5. The highest BCUT2D eigenvalue weighted by Crippen LogP contribution is 2.17. The molecule has 0 spiro atoms. The van der Waals surface area contributed by atoms with E-state index >= 15 is 0 Å². The van der Waals surface area contributed by atoms with E-state index in [4.69, 9.17) is 9.47 Å². The van der Waals surface area contributed by atoms with E-state index in [0.29, 0.717) is 17.9 Å². The molecule has 0 aliphatic carbocycles. The molecule has 34 heavy (non-hydrogen) atoms. The molecule has 10 nitrogen and oxygen atoms in total. The number of carbonyl (C=O) groups is 2. The van der Waals surface area contributed by atoms with Gasteiger partial charge in [-0.15, -0.1) is 0 Å². The molecule has 2 aromatic rings. The molecule has 1 unspecified atom stereocenters. The summed E-state index contributed by atoms with van der Waals surface area (Å²) in [6.07, 6.45) is 1.13. The molecule has 184 valence electrons. The fraction of sp³-hybridized carbons (Fsp3) is 0.391. The van der Waals surface area contributed by atoms with E-state index in [-0.39, 0.29) is 32.7 Å². The lowest BCUT2D eigenvalue weighted by Crippen LogP contribution is -2.56. The van der Waals surface area contributed by atoms with Crippen LogP contribution in [-0.2, 0) is 21.4 Å². The van der Waals surface area contributed by atoms with Crippen molar-refractivity contribution >= 4 is 21.9 Å². The number of piperazine rings is 1. The zero-order valence-corrected chi connectivity index (χ0v) is 20.0. The molecular formula is C23H29N3O7S. The molecule has 1 aliphatic heterocycles. The minimum absolute atomic E-state index is 0.0945. The van der Waals surface area contributed by atoms with Gasteiger partial charge >= 0.3 is 5.97 Å². The van der Waals surface area contributed by atoms with E-state index in [1.54, 1.807) is 36.3 Å². The van der Waals surface area contributed by atoms with Gasteiger partial charge in [0, 0.05) is 38.3 Å². The summed E-state index contributed by atoms with van der Waals surface area (Å²) in [4.78, 5) is 25.9. The first-order valence-electron chi connectivity index (χ1n) is 10.7. The molecule has 2 N–H and O–H groups in total. The Balaban J connectivity index is 1.50. The summed E-state index contributed by atoms with van der Waals surface area (Å²) in [6, 6.07) is 13.1. The molecule has 0 aromatic heterocycles. The molecule has 1 aliphatic rings. The highest BCUT2D eigenvalue weighted by Gasteiger charge is 2.31. The Morgan fingerprint density at radius 3 is 2.12 bits per heavy atom. The monoisotopic (exact) mass is 491 g/mol. The van der Waals surface area contributed by atoms with Crippen molar-refractivity contribution in [3.63, 3.8) is 0 Å². The first-order chi connectivity index (χ1) is 16.2. The standard InChI is InChI=1S/C23H29N3O7S/c1-32-19-7-3-17(4-8-19)16-33-20-9-5-18(6-10-20)22(27)24-15-21(23(28)29)25-11-13-26(14-12-25)34(2,30)31/h3-10,21H,11-16H2,1-2H3,(H,24,27)(H,28,29). The third-order valence-electron chi connectivity index (χ3n) is 5.61. The summed E-state index contributed by atoms with van der Waals surface area (Å²) in [6.45, 7) is 1.26.